The SMILES string of the molecule is CC(=CCCNC(C)(C)C)Cc1cccc(C(F)(F)F)c1. The molecule has 0 bridgehead atoms. The molecule has 0 spiro atoms. The first-order valence-electron chi connectivity index (χ1n) is 7.15. The summed E-state index contributed by atoms with van der Waals surface area (Å²) in [6, 6.07) is 5.53. The molecule has 0 aliphatic heterocycles. The summed E-state index contributed by atoms with van der Waals surface area (Å²) in [6.07, 6.45) is -0.759. The summed E-state index contributed by atoms with van der Waals surface area (Å²) in [6.45, 7) is 9.13. The van der Waals surface area contributed by atoms with Crippen LogP contribution in [0.5, 0.6) is 0 Å². The Balaban J connectivity index is 2.56. The van der Waals surface area contributed by atoms with Crippen molar-refractivity contribution in [2.45, 2.75) is 52.3 Å². The van der Waals surface area contributed by atoms with Gasteiger partial charge in [0.25, 0.3) is 0 Å². The van der Waals surface area contributed by atoms with Crippen molar-refractivity contribution in [2.24, 2.45) is 0 Å². The molecule has 0 atom stereocenters. The van der Waals surface area contributed by atoms with Crippen molar-refractivity contribution < 1.29 is 13.2 Å². The first-order valence-corrected chi connectivity index (χ1v) is 7.15. The van der Waals surface area contributed by atoms with Crippen LogP contribution >= 0.6 is 0 Å². The van der Waals surface area contributed by atoms with Gasteiger partial charge in [0.05, 0.1) is 5.56 Å². The van der Waals surface area contributed by atoms with E-state index >= 15 is 0 Å². The van der Waals surface area contributed by atoms with Crippen molar-refractivity contribution in [3.8, 4) is 0 Å². The average molecular weight is 299 g/mol. The Morgan fingerprint density at radius 2 is 1.86 bits per heavy atom. The maximum absolute atomic E-state index is 12.6. The summed E-state index contributed by atoms with van der Waals surface area (Å²) in [5.41, 5.74) is 1.29. The van der Waals surface area contributed by atoms with Gasteiger partial charge >= 0.3 is 6.18 Å². The molecule has 1 N–H and O–H groups in total. The Bertz CT molecular complexity index is 482. The van der Waals surface area contributed by atoms with Crippen LogP contribution in [0.1, 0.15) is 45.2 Å². The van der Waals surface area contributed by atoms with Crippen LogP contribution in [0.25, 0.3) is 0 Å². The Labute approximate surface area is 125 Å². The van der Waals surface area contributed by atoms with Crippen molar-refractivity contribution in [3.63, 3.8) is 0 Å². The molecule has 1 rings (SSSR count). The second-order valence-electron chi connectivity index (χ2n) is 6.39. The van der Waals surface area contributed by atoms with Crippen molar-refractivity contribution >= 4 is 0 Å². The van der Waals surface area contributed by atoms with Crippen LogP contribution in [0.15, 0.2) is 35.9 Å². The molecule has 118 valence electrons. The predicted molar refractivity (Wildman–Crippen MR) is 81.3 cm³/mol. The van der Waals surface area contributed by atoms with Gasteiger partial charge in [-0.1, -0.05) is 29.8 Å². The number of hydrogen-bond acceptors (Lipinski definition) is 1. The van der Waals surface area contributed by atoms with Crippen LogP contribution in [0, 0.1) is 0 Å². The molecular formula is C17H24F3N. The van der Waals surface area contributed by atoms with Crippen LogP contribution in [-0.4, -0.2) is 12.1 Å². The summed E-state index contributed by atoms with van der Waals surface area (Å²) in [4.78, 5) is 0. The maximum atomic E-state index is 12.6. The standard InChI is InChI=1S/C17H24F3N/c1-13(7-6-10-21-16(2,3)4)11-14-8-5-9-15(12-14)17(18,19)20/h5,7-9,12,21H,6,10-11H2,1-4H3. The molecule has 0 unspecified atom stereocenters. The van der Waals surface area contributed by atoms with E-state index in [1.54, 1.807) is 6.07 Å². The molecule has 1 nitrogen and oxygen atoms in total. The quantitative estimate of drug-likeness (QED) is 0.598. The van der Waals surface area contributed by atoms with E-state index in [9.17, 15) is 13.2 Å². The molecule has 0 radical (unpaired) electrons. The number of nitrogens with one attached hydrogen (secondary N) is 1. The van der Waals surface area contributed by atoms with Crippen LogP contribution < -0.4 is 5.32 Å². The van der Waals surface area contributed by atoms with Gasteiger partial charge in [-0.25, -0.2) is 0 Å². The van der Waals surface area contributed by atoms with Gasteiger partial charge in [0, 0.05) is 5.54 Å². The number of halogens is 3. The van der Waals surface area contributed by atoms with E-state index in [1.165, 1.54) is 12.1 Å². The molecule has 4 heteroatoms. The lowest BCUT2D eigenvalue weighted by atomic mass is 10.0. The van der Waals surface area contributed by atoms with Crippen LogP contribution in [0.4, 0.5) is 13.2 Å². The summed E-state index contributed by atoms with van der Waals surface area (Å²) in [5.74, 6) is 0. The highest BCUT2D eigenvalue weighted by Gasteiger charge is 2.30. The molecule has 21 heavy (non-hydrogen) atoms. The minimum absolute atomic E-state index is 0.0861. The molecule has 0 fully saturated rings. The van der Waals surface area contributed by atoms with Crippen molar-refractivity contribution in [2.75, 3.05) is 6.54 Å². The highest BCUT2D eigenvalue weighted by atomic mass is 19.4. The van der Waals surface area contributed by atoms with Gasteiger partial charge < -0.3 is 5.32 Å². The monoisotopic (exact) mass is 299 g/mol. The summed E-state index contributed by atoms with van der Waals surface area (Å²) in [5, 5.41) is 3.38. The molecule has 1 aromatic rings. The van der Waals surface area contributed by atoms with Crippen molar-refractivity contribution in [1.82, 2.24) is 5.32 Å². The third-order valence-electron chi connectivity index (χ3n) is 3.03. The van der Waals surface area contributed by atoms with Gasteiger partial charge in [-0.3, -0.25) is 0 Å². The smallest absolute Gasteiger partial charge is 0.312 e. The number of allylic oxidation sites excluding steroid dienone is 1. The largest absolute Gasteiger partial charge is 0.416 e. The van der Waals surface area contributed by atoms with Crippen molar-refractivity contribution in [1.29, 1.82) is 0 Å². The van der Waals surface area contributed by atoms with Gasteiger partial charge in [-0.15, -0.1) is 0 Å². The van der Waals surface area contributed by atoms with E-state index in [4.69, 9.17) is 0 Å². The van der Waals surface area contributed by atoms with Crippen LogP contribution in [0.3, 0.4) is 0 Å². The van der Waals surface area contributed by atoms with E-state index in [-0.39, 0.29) is 5.54 Å². The molecule has 0 aliphatic carbocycles. The van der Waals surface area contributed by atoms with Crippen LogP contribution in [0.2, 0.25) is 0 Å². The fourth-order valence-corrected chi connectivity index (χ4v) is 2.02. The highest BCUT2D eigenvalue weighted by molar-refractivity contribution is 5.28. The molecule has 0 aromatic heterocycles. The topological polar surface area (TPSA) is 12.0 Å². The lowest BCUT2D eigenvalue weighted by Gasteiger charge is -2.19. The molecule has 0 saturated heterocycles. The Morgan fingerprint density at radius 3 is 2.43 bits per heavy atom. The summed E-state index contributed by atoms with van der Waals surface area (Å²) in [7, 11) is 0. The molecule has 0 aliphatic rings. The van der Waals surface area contributed by atoms with Gasteiger partial charge in [0.2, 0.25) is 0 Å². The second-order valence-corrected chi connectivity index (χ2v) is 6.39. The molecule has 1 aromatic carbocycles. The minimum atomic E-state index is -4.27. The van der Waals surface area contributed by atoms with E-state index in [0.717, 1.165) is 24.6 Å². The zero-order valence-corrected chi connectivity index (χ0v) is 13.1. The summed E-state index contributed by atoms with van der Waals surface area (Å²) < 4.78 is 37.9. The normalized spacial score (nSPS) is 13.6. The number of benzene rings is 1. The molecule has 0 heterocycles. The van der Waals surface area contributed by atoms with E-state index in [1.807, 2.05) is 6.92 Å². The van der Waals surface area contributed by atoms with Crippen LogP contribution in [-0.2, 0) is 12.6 Å². The Hall–Kier alpha value is -1.29. The lowest BCUT2D eigenvalue weighted by Crippen LogP contribution is -2.36. The predicted octanol–water partition coefficient (Wildman–Crippen LogP) is 4.97. The third-order valence-corrected chi connectivity index (χ3v) is 3.03. The van der Waals surface area contributed by atoms with E-state index in [2.05, 4.69) is 32.2 Å². The zero-order valence-electron chi connectivity index (χ0n) is 13.1. The average Bonchev–Trinajstić information content (AvgIpc) is 2.33. The minimum Gasteiger partial charge on any atom is -0.312 e. The fraction of sp³-hybridized carbons (Fsp3) is 0.529. The van der Waals surface area contributed by atoms with Gasteiger partial charge in [0.15, 0.2) is 0 Å². The first-order chi connectivity index (χ1) is 9.58. The zero-order chi connectivity index (χ0) is 16.1. The molecular weight excluding hydrogens is 275 g/mol. The Morgan fingerprint density at radius 1 is 1.19 bits per heavy atom. The highest BCUT2D eigenvalue weighted by Crippen LogP contribution is 2.29. The van der Waals surface area contributed by atoms with Gasteiger partial charge in [-0.2, -0.15) is 13.2 Å². The summed E-state index contributed by atoms with van der Waals surface area (Å²) >= 11 is 0. The first kappa shape index (κ1) is 17.8. The fourth-order valence-electron chi connectivity index (χ4n) is 2.02. The lowest BCUT2D eigenvalue weighted by molar-refractivity contribution is -0.137. The van der Waals surface area contributed by atoms with E-state index < -0.39 is 11.7 Å². The van der Waals surface area contributed by atoms with Crippen molar-refractivity contribution in [3.05, 3.63) is 47.0 Å². The third kappa shape index (κ3) is 7.32. The van der Waals surface area contributed by atoms with E-state index in [0.29, 0.717) is 12.0 Å². The number of alkyl halides is 3. The second kappa shape index (κ2) is 7.12. The number of rotatable bonds is 5. The van der Waals surface area contributed by atoms with Gasteiger partial charge in [0.1, 0.15) is 0 Å². The number of hydrogen-bond donors (Lipinski definition) is 1. The molecule has 0 saturated carbocycles. The maximum Gasteiger partial charge on any atom is 0.416 e. The Kier molecular flexibility index (Phi) is 6.02. The van der Waals surface area contributed by atoms with Gasteiger partial charge in [-0.05, 0) is 58.7 Å². The molecule has 0 amide bonds.